The number of nitrogens with two attached hydrogens (primary N) is 1. The van der Waals surface area contributed by atoms with E-state index < -0.39 is 0 Å². The largest absolute Gasteiger partial charge is 0.351 e. The van der Waals surface area contributed by atoms with Gasteiger partial charge in [-0.15, -0.1) is 23.7 Å². The average molecular weight is 380 g/mol. The van der Waals surface area contributed by atoms with Crippen LogP contribution in [0.2, 0.25) is 0 Å². The molecule has 4 N–H and O–H groups in total. The Kier molecular flexibility index (Phi) is 6.99. The number of nitrogens with one attached hydrogen (secondary N) is 2. The Labute approximate surface area is 157 Å². The molecule has 0 aliphatic heterocycles. The first kappa shape index (κ1) is 19.4. The third kappa shape index (κ3) is 4.60. The van der Waals surface area contributed by atoms with E-state index in [1.807, 2.05) is 6.07 Å². The van der Waals surface area contributed by atoms with Gasteiger partial charge in [0.2, 0.25) is 0 Å². The number of benzene rings is 1. The van der Waals surface area contributed by atoms with E-state index in [0.29, 0.717) is 29.2 Å². The quantitative estimate of drug-likeness (QED) is 0.746. The second kappa shape index (κ2) is 8.99. The third-order valence-corrected chi connectivity index (χ3v) is 5.31. The summed E-state index contributed by atoms with van der Waals surface area (Å²) in [4.78, 5) is 26.8. The minimum atomic E-state index is -0.234. The Morgan fingerprint density at radius 1 is 1.12 bits per heavy atom. The summed E-state index contributed by atoms with van der Waals surface area (Å²) in [5.41, 5.74) is 7.67. The maximum absolute atomic E-state index is 12.6. The summed E-state index contributed by atoms with van der Waals surface area (Å²) in [6, 6.07) is 9.00. The SMILES string of the molecule is Cl.NCCNC(=O)c1ccccc1NC(=O)c1cc2c(s1)CCCC2. The Bertz CT molecular complexity index is 737. The van der Waals surface area contributed by atoms with Crippen LogP contribution in [0.25, 0.3) is 0 Å². The third-order valence-electron chi connectivity index (χ3n) is 4.07. The van der Waals surface area contributed by atoms with Crippen LogP contribution in [0, 0.1) is 0 Å². The van der Waals surface area contributed by atoms with Crippen LogP contribution in [-0.4, -0.2) is 24.9 Å². The number of para-hydroxylation sites is 1. The first-order chi connectivity index (χ1) is 11.7. The zero-order valence-electron chi connectivity index (χ0n) is 13.8. The Hall–Kier alpha value is -1.89. The van der Waals surface area contributed by atoms with Crippen LogP contribution in [0.15, 0.2) is 30.3 Å². The van der Waals surface area contributed by atoms with Gasteiger partial charge in [-0.05, 0) is 49.4 Å². The molecule has 0 radical (unpaired) electrons. The van der Waals surface area contributed by atoms with Crippen LogP contribution < -0.4 is 16.4 Å². The van der Waals surface area contributed by atoms with Crippen LogP contribution in [0.1, 0.15) is 43.3 Å². The van der Waals surface area contributed by atoms with Crippen molar-refractivity contribution < 1.29 is 9.59 Å². The van der Waals surface area contributed by atoms with Gasteiger partial charge < -0.3 is 16.4 Å². The van der Waals surface area contributed by atoms with E-state index in [2.05, 4.69) is 10.6 Å². The van der Waals surface area contributed by atoms with Gasteiger partial charge in [0, 0.05) is 18.0 Å². The monoisotopic (exact) mass is 379 g/mol. The molecule has 0 saturated carbocycles. The molecule has 1 aromatic carbocycles. The van der Waals surface area contributed by atoms with Gasteiger partial charge in [-0.1, -0.05) is 12.1 Å². The van der Waals surface area contributed by atoms with Crippen molar-refractivity contribution in [2.75, 3.05) is 18.4 Å². The molecule has 3 rings (SSSR count). The highest BCUT2D eigenvalue weighted by molar-refractivity contribution is 7.14. The number of amides is 2. The smallest absolute Gasteiger partial charge is 0.265 e. The van der Waals surface area contributed by atoms with E-state index in [4.69, 9.17) is 5.73 Å². The number of thiophene rings is 1. The highest BCUT2D eigenvalue weighted by Gasteiger charge is 2.19. The minimum absolute atomic E-state index is 0. The molecule has 0 atom stereocenters. The van der Waals surface area contributed by atoms with Gasteiger partial charge in [0.25, 0.3) is 11.8 Å². The fourth-order valence-corrected chi connectivity index (χ4v) is 4.01. The average Bonchev–Trinajstić information content (AvgIpc) is 3.04. The van der Waals surface area contributed by atoms with Crippen LogP contribution in [0.3, 0.4) is 0 Å². The molecule has 2 amide bonds. The topological polar surface area (TPSA) is 84.2 Å². The van der Waals surface area contributed by atoms with Crippen LogP contribution >= 0.6 is 23.7 Å². The summed E-state index contributed by atoms with van der Waals surface area (Å²) in [6.45, 7) is 0.778. The zero-order chi connectivity index (χ0) is 16.9. The molecule has 0 bridgehead atoms. The molecule has 5 nitrogen and oxygen atoms in total. The van der Waals surface area contributed by atoms with Gasteiger partial charge in [-0.3, -0.25) is 9.59 Å². The van der Waals surface area contributed by atoms with Crippen molar-refractivity contribution in [3.63, 3.8) is 0 Å². The van der Waals surface area contributed by atoms with Crippen LogP contribution in [-0.2, 0) is 12.8 Å². The van der Waals surface area contributed by atoms with Crippen LogP contribution in [0.4, 0.5) is 5.69 Å². The second-order valence-electron chi connectivity index (χ2n) is 5.81. The van der Waals surface area contributed by atoms with E-state index in [1.165, 1.54) is 23.3 Å². The Morgan fingerprint density at radius 3 is 2.64 bits per heavy atom. The maximum atomic E-state index is 12.6. The van der Waals surface area contributed by atoms with Crippen molar-refractivity contribution >= 4 is 41.2 Å². The molecular weight excluding hydrogens is 358 g/mol. The number of rotatable bonds is 5. The predicted molar refractivity (Wildman–Crippen MR) is 104 cm³/mol. The molecule has 1 aliphatic carbocycles. The van der Waals surface area contributed by atoms with Crippen molar-refractivity contribution in [1.82, 2.24) is 5.32 Å². The molecule has 0 spiro atoms. The summed E-state index contributed by atoms with van der Waals surface area (Å²) in [5, 5.41) is 5.60. The number of hydrogen-bond acceptors (Lipinski definition) is 4. The highest BCUT2D eigenvalue weighted by Crippen LogP contribution is 2.30. The van der Waals surface area contributed by atoms with Crippen molar-refractivity contribution in [2.45, 2.75) is 25.7 Å². The predicted octanol–water partition coefficient (Wildman–Crippen LogP) is 2.99. The van der Waals surface area contributed by atoms with E-state index in [1.54, 1.807) is 35.6 Å². The maximum Gasteiger partial charge on any atom is 0.265 e. The Balaban J connectivity index is 0.00000225. The zero-order valence-corrected chi connectivity index (χ0v) is 15.5. The van der Waals surface area contributed by atoms with Crippen LogP contribution in [0.5, 0.6) is 0 Å². The first-order valence-electron chi connectivity index (χ1n) is 8.19. The van der Waals surface area contributed by atoms with Gasteiger partial charge in [0.1, 0.15) is 0 Å². The van der Waals surface area contributed by atoms with Crippen molar-refractivity contribution in [2.24, 2.45) is 5.73 Å². The van der Waals surface area contributed by atoms with Gasteiger partial charge in [-0.25, -0.2) is 0 Å². The minimum Gasteiger partial charge on any atom is -0.351 e. The summed E-state index contributed by atoms with van der Waals surface area (Å²) in [6.07, 6.45) is 4.50. The number of carbonyl (C=O) groups excluding carboxylic acids is 2. The van der Waals surface area contributed by atoms with Gasteiger partial charge in [-0.2, -0.15) is 0 Å². The summed E-state index contributed by atoms with van der Waals surface area (Å²) in [7, 11) is 0. The van der Waals surface area contributed by atoms with Crippen molar-refractivity contribution in [1.29, 1.82) is 0 Å². The van der Waals surface area contributed by atoms with Crippen molar-refractivity contribution in [3.8, 4) is 0 Å². The Morgan fingerprint density at radius 2 is 1.88 bits per heavy atom. The molecule has 1 heterocycles. The molecule has 0 saturated heterocycles. The number of halogens is 1. The fraction of sp³-hybridized carbons (Fsp3) is 0.333. The lowest BCUT2D eigenvalue weighted by atomic mass is 9.99. The second-order valence-corrected chi connectivity index (χ2v) is 6.95. The molecular formula is C18H22ClN3O2S. The molecule has 7 heteroatoms. The fourth-order valence-electron chi connectivity index (χ4n) is 2.86. The lowest BCUT2D eigenvalue weighted by molar-refractivity contribution is 0.0955. The summed E-state index contributed by atoms with van der Waals surface area (Å²) in [5.74, 6) is -0.393. The van der Waals surface area contributed by atoms with E-state index in [9.17, 15) is 9.59 Å². The molecule has 1 aromatic heterocycles. The molecule has 25 heavy (non-hydrogen) atoms. The summed E-state index contributed by atoms with van der Waals surface area (Å²) >= 11 is 1.56. The summed E-state index contributed by atoms with van der Waals surface area (Å²) < 4.78 is 0. The molecule has 0 fully saturated rings. The molecule has 134 valence electrons. The van der Waals surface area contributed by atoms with Gasteiger partial charge in [0.15, 0.2) is 0 Å². The van der Waals surface area contributed by atoms with Crippen molar-refractivity contribution in [3.05, 3.63) is 51.2 Å². The number of hydrogen-bond donors (Lipinski definition) is 3. The van der Waals surface area contributed by atoms with E-state index in [0.717, 1.165) is 12.8 Å². The number of anilines is 1. The number of aryl methyl sites for hydroxylation is 2. The lowest BCUT2D eigenvalue weighted by Crippen LogP contribution is -2.29. The number of fused-ring (bicyclic) bond motifs is 1. The van der Waals surface area contributed by atoms with Gasteiger partial charge >= 0.3 is 0 Å². The first-order valence-corrected chi connectivity index (χ1v) is 9.01. The number of carbonyl (C=O) groups is 2. The highest BCUT2D eigenvalue weighted by atomic mass is 35.5. The molecule has 1 aliphatic rings. The standard InChI is InChI=1S/C18H21N3O2S.ClH/c19-9-10-20-17(22)13-6-2-3-7-14(13)21-18(23)16-11-12-5-1-4-8-15(12)24-16;/h2-3,6-7,11H,1,4-5,8-10,19H2,(H,20,22)(H,21,23);1H. The lowest BCUT2D eigenvalue weighted by Gasteiger charge is -2.10. The normalized spacial score (nSPS) is 12.7. The van der Waals surface area contributed by atoms with Gasteiger partial charge in [0.05, 0.1) is 16.1 Å². The van der Waals surface area contributed by atoms with E-state index in [-0.39, 0.29) is 24.2 Å². The molecule has 0 unspecified atom stereocenters. The van der Waals surface area contributed by atoms with E-state index >= 15 is 0 Å². The molecule has 2 aromatic rings.